The van der Waals surface area contributed by atoms with Crippen LogP contribution in [0.15, 0.2) is 114 Å². The number of allylic oxidation sites excluding steroid dienone is 3. The summed E-state index contributed by atoms with van der Waals surface area (Å²) in [5, 5.41) is 6.12. The standard InChI is InChI=1S/C31H29N3O3S.C9H14O.C8H8F2.C2H6.2H2/c1-19-16-26(20(2)32-18-19)30(36)33-25-10-8-22(9-11-25)31(37)34-15-14-24(17-23-6-4-5-7-27(23)34)29-13-12-28(38-29)21(3)35;1-8-6-9(7-8)2-4-10-5-3-9;1-2-6-7(9)4-3-5-8(6)10;1-2;;/h4-13,16-18,20,32H,14-15H2,1-3H3,(H,33,36);1-7H2;3-5H,2H2,1H3;1-2H3;2*1H. The zero-order valence-corrected chi connectivity index (χ0v) is 36.4. The van der Waals surface area contributed by atoms with E-state index in [1.165, 1.54) is 60.8 Å². The van der Waals surface area contributed by atoms with Crippen molar-refractivity contribution in [1.29, 1.82) is 0 Å². The van der Waals surface area contributed by atoms with Crippen molar-refractivity contribution in [3.8, 4) is 0 Å². The molecule has 1 saturated heterocycles. The molecular formula is C50H61F2N3O4S. The number of Topliss-reactive ketones (excluding diaryl/α,β-unsaturated/α-hetero) is 1. The van der Waals surface area contributed by atoms with Crippen molar-refractivity contribution in [2.24, 2.45) is 5.41 Å². The molecule has 0 bridgehead atoms. The van der Waals surface area contributed by atoms with Gasteiger partial charge < -0.3 is 20.3 Å². The summed E-state index contributed by atoms with van der Waals surface area (Å²) in [5.41, 5.74) is 8.01. The number of hydrogen-bond acceptors (Lipinski definition) is 6. The zero-order chi connectivity index (χ0) is 43.4. The minimum absolute atomic E-state index is 0. The summed E-state index contributed by atoms with van der Waals surface area (Å²) < 4.78 is 30.5. The highest BCUT2D eigenvalue weighted by Crippen LogP contribution is 2.51. The molecule has 2 fully saturated rings. The highest BCUT2D eigenvalue weighted by Gasteiger charge is 2.40. The fourth-order valence-corrected chi connectivity index (χ4v) is 8.63. The quantitative estimate of drug-likeness (QED) is 0.149. The van der Waals surface area contributed by atoms with E-state index in [0.717, 1.165) is 45.4 Å². The van der Waals surface area contributed by atoms with Gasteiger partial charge in [-0.05, 0) is 154 Å². The summed E-state index contributed by atoms with van der Waals surface area (Å²) in [4.78, 5) is 41.9. The van der Waals surface area contributed by atoms with Gasteiger partial charge in [0, 0.05) is 49.9 Å². The number of thiophene rings is 1. The predicted molar refractivity (Wildman–Crippen MR) is 247 cm³/mol. The van der Waals surface area contributed by atoms with Crippen LogP contribution in [0.4, 0.5) is 20.2 Å². The van der Waals surface area contributed by atoms with Gasteiger partial charge in [0.05, 0.1) is 16.6 Å². The summed E-state index contributed by atoms with van der Waals surface area (Å²) in [5.74, 6) is -1.13. The van der Waals surface area contributed by atoms with Crippen molar-refractivity contribution < 1.29 is 30.8 Å². The first kappa shape index (κ1) is 45.6. The lowest BCUT2D eigenvalue weighted by Crippen LogP contribution is -2.36. The van der Waals surface area contributed by atoms with Gasteiger partial charge in [0.15, 0.2) is 5.78 Å². The van der Waals surface area contributed by atoms with Crippen molar-refractivity contribution in [1.82, 2.24) is 5.32 Å². The molecule has 1 atom stereocenters. The first-order valence-corrected chi connectivity index (χ1v) is 21.6. The van der Waals surface area contributed by atoms with Crippen LogP contribution in [0.25, 0.3) is 11.6 Å². The molecule has 60 heavy (non-hydrogen) atoms. The first-order valence-electron chi connectivity index (χ1n) is 20.8. The number of anilines is 2. The SMILES string of the molecule is C=C1CC2(CCOCC2)C1.CC.CC(=O)c1ccc(C2=Cc3ccccc3N(C(=O)c3ccc(NC(=O)C4=CC(C)=CNC4C)cc3)CC2)s1.CCc1c(F)cccc1F.[HH].[HH]. The minimum atomic E-state index is -0.456. The predicted octanol–water partition coefficient (Wildman–Crippen LogP) is 12.5. The topological polar surface area (TPSA) is 87.7 Å². The molecule has 1 unspecified atom stereocenters. The number of carbonyl (C=O) groups is 3. The van der Waals surface area contributed by atoms with Gasteiger partial charge in [-0.3, -0.25) is 14.4 Å². The number of dihydropyridines is 1. The van der Waals surface area contributed by atoms with Crippen molar-refractivity contribution in [3.63, 3.8) is 0 Å². The van der Waals surface area contributed by atoms with E-state index in [9.17, 15) is 23.2 Å². The van der Waals surface area contributed by atoms with Crippen LogP contribution in [0.2, 0.25) is 0 Å². The summed E-state index contributed by atoms with van der Waals surface area (Å²) in [7, 11) is 0. The summed E-state index contributed by atoms with van der Waals surface area (Å²) in [6.07, 6.45) is 12.0. The van der Waals surface area contributed by atoms with Crippen LogP contribution in [0.3, 0.4) is 0 Å². The van der Waals surface area contributed by atoms with Crippen LogP contribution in [0.1, 0.15) is 113 Å². The number of ether oxygens (including phenoxy) is 1. The molecule has 1 aromatic heterocycles. The largest absolute Gasteiger partial charge is 0.384 e. The minimum Gasteiger partial charge on any atom is -0.384 e. The van der Waals surface area contributed by atoms with Gasteiger partial charge in [0.2, 0.25) is 0 Å². The molecule has 2 amide bonds. The second kappa shape index (κ2) is 21.2. The molecule has 2 N–H and O–H groups in total. The maximum atomic E-state index is 13.7. The van der Waals surface area contributed by atoms with Crippen LogP contribution >= 0.6 is 11.3 Å². The Bertz CT molecular complexity index is 2250. The van der Waals surface area contributed by atoms with E-state index in [1.54, 1.807) is 43.0 Å². The maximum Gasteiger partial charge on any atom is 0.258 e. The Labute approximate surface area is 360 Å². The van der Waals surface area contributed by atoms with Crippen LogP contribution in [-0.4, -0.2) is 43.4 Å². The number of ketones is 1. The molecule has 4 aromatic rings. The summed E-state index contributed by atoms with van der Waals surface area (Å²) in [6.45, 7) is 17.6. The maximum absolute atomic E-state index is 13.7. The lowest BCUT2D eigenvalue weighted by atomic mass is 9.62. The van der Waals surface area contributed by atoms with Crippen molar-refractivity contribution in [2.75, 3.05) is 30.0 Å². The van der Waals surface area contributed by atoms with Gasteiger partial charge in [0.25, 0.3) is 11.8 Å². The number of nitrogens with zero attached hydrogens (tertiary/aromatic N) is 1. The highest BCUT2D eigenvalue weighted by molar-refractivity contribution is 7.15. The average Bonchev–Trinajstić information content (AvgIpc) is 3.66. The van der Waals surface area contributed by atoms with E-state index in [4.69, 9.17) is 4.74 Å². The molecule has 1 spiro atoms. The zero-order valence-electron chi connectivity index (χ0n) is 35.6. The number of amides is 2. The molecule has 1 aliphatic carbocycles. The van der Waals surface area contributed by atoms with Crippen molar-refractivity contribution >= 4 is 52.0 Å². The molecule has 3 aliphatic heterocycles. The average molecular weight is 838 g/mol. The Balaban J connectivity index is 0.000000347. The number of nitrogens with one attached hydrogen (secondary N) is 2. The Hall–Kier alpha value is -5.45. The smallest absolute Gasteiger partial charge is 0.258 e. The molecule has 320 valence electrons. The Morgan fingerprint density at radius 1 is 0.950 bits per heavy atom. The number of para-hydroxylation sites is 1. The molecule has 4 aliphatic rings. The molecule has 4 heterocycles. The Kier molecular flexibility index (Phi) is 16.1. The highest BCUT2D eigenvalue weighted by atomic mass is 32.1. The normalized spacial score (nSPS) is 17.4. The molecule has 10 heteroatoms. The van der Waals surface area contributed by atoms with Crippen LogP contribution in [0, 0.1) is 17.0 Å². The third kappa shape index (κ3) is 11.4. The number of benzene rings is 3. The third-order valence-electron chi connectivity index (χ3n) is 11.0. The fourth-order valence-electron chi connectivity index (χ4n) is 7.69. The first-order chi connectivity index (χ1) is 28.9. The molecule has 0 radical (unpaired) electrons. The van der Waals surface area contributed by atoms with Crippen molar-refractivity contribution in [3.05, 3.63) is 153 Å². The molecule has 7 nitrogen and oxygen atoms in total. The van der Waals surface area contributed by atoms with E-state index in [-0.39, 0.29) is 32.1 Å². The summed E-state index contributed by atoms with van der Waals surface area (Å²) in [6, 6.07) is 22.5. The number of fused-ring (bicyclic) bond motifs is 1. The van der Waals surface area contributed by atoms with Gasteiger partial charge in [-0.1, -0.05) is 57.2 Å². The van der Waals surface area contributed by atoms with Crippen LogP contribution in [0.5, 0.6) is 0 Å². The van der Waals surface area contributed by atoms with Gasteiger partial charge in [-0.2, -0.15) is 0 Å². The molecule has 3 aromatic carbocycles. The van der Waals surface area contributed by atoms with Gasteiger partial charge >= 0.3 is 0 Å². The summed E-state index contributed by atoms with van der Waals surface area (Å²) >= 11 is 1.49. The lowest BCUT2D eigenvalue weighted by Gasteiger charge is -2.46. The lowest BCUT2D eigenvalue weighted by molar-refractivity contribution is -0.113. The number of rotatable bonds is 6. The number of halogens is 2. The fraction of sp³-hybridized carbons (Fsp3) is 0.340. The van der Waals surface area contributed by atoms with E-state index >= 15 is 0 Å². The van der Waals surface area contributed by atoms with Gasteiger partial charge in [0.1, 0.15) is 11.6 Å². The molecular weight excluding hydrogens is 777 g/mol. The monoisotopic (exact) mass is 837 g/mol. The van der Waals surface area contributed by atoms with E-state index in [1.807, 2.05) is 76.4 Å². The second-order valence-corrected chi connectivity index (χ2v) is 16.4. The molecule has 8 rings (SSSR count). The number of carbonyl (C=O) groups excluding carboxylic acids is 3. The van der Waals surface area contributed by atoms with E-state index < -0.39 is 11.6 Å². The number of hydrogen-bond donors (Lipinski definition) is 2. The van der Waals surface area contributed by atoms with Gasteiger partial charge in [-0.25, -0.2) is 8.78 Å². The Morgan fingerprint density at radius 3 is 2.22 bits per heavy atom. The van der Waals surface area contributed by atoms with Crippen LogP contribution < -0.4 is 15.5 Å². The Morgan fingerprint density at radius 2 is 1.62 bits per heavy atom. The third-order valence-corrected chi connectivity index (χ3v) is 12.2. The van der Waals surface area contributed by atoms with E-state index in [2.05, 4.69) is 23.3 Å². The van der Waals surface area contributed by atoms with E-state index in [0.29, 0.717) is 41.6 Å². The van der Waals surface area contributed by atoms with Crippen molar-refractivity contribution in [2.45, 2.75) is 86.1 Å². The van der Waals surface area contributed by atoms with Gasteiger partial charge in [-0.15, -0.1) is 11.3 Å². The van der Waals surface area contributed by atoms with Crippen LogP contribution in [-0.2, 0) is 16.0 Å². The molecule has 1 saturated carbocycles. The second-order valence-electron chi connectivity index (χ2n) is 15.3.